The minimum atomic E-state index is -1.49. The van der Waals surface area contributed by atoms with Gasteiger partial charge >= 0.3 is 67.3 Å². The topological polar surface area (TPSA) is 245 Å². The van der Waals surface area contributed by atoms with Crippen LogP contribution in [0.1, 0.15) is 0 Å². The van der Waals surface area contributed by atoms with E-state index in [9.17, 15) is 49.5 Å². The number of hydrogen-bond donors (Lipinski definition) is 3. The molecule has 30 heavy (non-hydrogen) atoms. The molecule has 0 heterocycles. The van der Waals surface area contributed by atoms with E-state index in [4.69, 9.17) is 0 Å². The van der Waals surface area contributed by atoms with E-state index in [2.05, 4.69) is 0 Å². The van der Waals surface area contributed by atoms with Crippen LogP contribution in [0, 0.1) is 0 Å². The first-order valence-corrected chi connectivity index (χ1v) is 7.99. The van der Waals surface area contributed by atoms with Crippen LogP contribution in [0.2, 0.25) is 0 Å². The normalized spacial score (nSPS) is 9.97. The molecule has 0 fully saturated rings. The van der Waals surface area contributed by atoms with Crippen molar-refractivity contribution >= 4 is 67.6 Å². The second kappa shape index (κ2) is 20.4. The average Bonchev–Trinajstić information content (AvgIpc) is 2.46. The van der Waals surface area contributed by atoms with Crippen LogP contribution in [0.25, 0.3) is 0 Å². The van der Waals surface area contributed by atoms with Gasteiger partial charge in [0.05, 0.1) is 29.8 Å². The molecule has 5 N–H and O–H groups in total. The minimum absolute atomic E-state index is 0. The monoisotopic (exact) mass is 472 g/mol. The van der Waals surface area contributed by atoms with Crippen molar-refractivity contribution in [3.8, 4) is 0 Å². The van der Waals surface area contributed by atoms with Crippen LogP contribution in [-0.4, -0.2) is 132 Å². The molecule has 0 radical (unpaired) electrons. The van der Waals surface area contributed by atoms with E-state index in [-0.39, 0.29) is 109 Å². The van der Waals surface area contributed by atoms with Gasteiger partial charge in [0.1, 0.15) is 58.9 Å². The molecule has 0 aliphatic rings. The van der Waals surface area contributed by atoms with E-state index in [0.29, 0.717) is 4.90 Å². The first-order valence-electron chi connectivity index (χ1n) is 7.99. The van der Waals surface area contributed by atoms with E-state index in [1.54, 1.807) is 0 Å². The third kappa shape index (κ3) is 22.1. The molecule has 0 atom stereocenters. The van der Waals surface area contributed by atoms with Gasteiger partial charge in [0.2, 0.25) is 0 Å². The van der Waals surface area contributed by atoms with Gasteiger partial charge in [0.25, 0.3) is 0 Å². The van der Waals surface area contributed by atoms with E-state index in [1.807, 2.05) is 0 Å². The Kier molecular flexibility index (Phi) is 25.0. The molecule has 0 spiro atoms. The van der Waals surface area contributed by atoms with Crippen molar-refractivity contribution in [1.82, 2.24) is 0 Å². The van der Waals surface area contributed by atoms with Crippen LogP contribution in [0.5, 0.6) is 0 Å². The van der Waals surface area contributed by atoms with Gasteiger partial charge in [-0.05, 0) is 0 Å². The molecule has 0 aromatic carbocycles. The molecule has 0 rings (SSSR count). The van der Waals surface area contributed by atoms with Gasteiger partial charge in [-0.3, -0.25) is 0 Å². The average molecular weight is 472 g/mol. The molecule has 0 aliphatic carbocycles. The molecule has 0 amide bonds. The van der Waals surface area contributed by atoms with Crippen LogP contribution >= 0.6 is 0 Å². The van der Waals surface area contributed by atoms with Crippen molar-refractivity contribution < 1.29 is 99.2 Å². The Balaban J connectivity index is -0.00000113. The number of carbonyl (C=O) groups is 5. The summed E-state index contributed by atoms with van der Waals surface area (Å²) >= 11 is 0. The summed E-state index contributed by atoms with van der Waals surface area (Å²) in [7, 11) is 0. The maximum absolute atomic E-state index is 10.8. The predicted molar refractivity (Wildman–Crippen MR) is 81.1 cm³/mol. The molecule has 0 saturated heterocycles. The standard InChI is InChI=1S/C14H23N3O10.Ca.Na.H2O/c18-10(19)5-15(1-3-16(6-11(20)21)7-12(22)23)2-4-17(8-13(24)25)9-14(26)27;;;/h1-9H2,(H,18,19)(H,20,21)(H,22,23)(H,24,25)(H,26,27);;;1H2/q;+2;+1;/p-2. The van der Waals surface area contributed by atoms with Crippen molar-refractivity contribution in [1.29, 1.82) is 0 Å². The maximum atomic E-state index is 10.8. The number of hydrogen-bond acceptors (Lipinski definition) is 10. The summed E-state index contributed by atoms with van der Waals surface area (Å²) in [5.74, 6) is -7.41. The van der Waals surface area contributed by atoms with Crippen molar-refractivity contribution in [3.63, 3.8) is 0 Å². The molecule has 0 unspecified atom stereocenters. The molecule has 14 nitrogen and oxygen atoms in total. The van der Waals surface area contributed by atoms with E-state index >= 15 is 0 Å². The zero-order chi connectivity index (χ0) is 21.0. The van der Waals surface area contributed by atoms with Crippen molar-refractivity contribution in [3.05, 3.63) is 0 Å². The minimum Gasteiger partial charge on any atom is -0.544 e. The third-order valence-corrected chi connectivity index (χ3v) is 3.64. The van der Waals surface area contributed by atoms with Gasteiger partial charge in [-0.2, -0.15) is 0 Å². The maximum Gasteiger partial charge on any atom is 2.00 e. The summed E-state index contributed by atoms with van der Waals surface area (Å²) in [6, 6.07) is 0. The summed E-state index contributed by atoms with van der Waals surface area (Å²) in [6.45, 7) is -3.12. The third-order valence-electron chi connectivity index (χ3n) is 3.64. The summed E-state index contributed by atoms with van der Waals surface area (Å²) in [5.41, 5.74) is 0. The smallest absolute Gasteiger partial charge is 0.544 e. The number of carboxylic acid groups (broad SMARTS) is 5. The second-order valence-corrected chi connectivity index (χ2v) is 5.99. The summed E-state index contributed by atoms with van der Waals surface area (Å²) in [5, 5.41) is 53.5. The van der Waals surface area contributed by atoms with E-state index in [1.165, 1.54) is 0 Å². The van der Waals surface area contributed by atoms with Crippen LogP contribution < -0.4 is 69.8 Å². The fourth-order valence-electron chi connectivity index (χ4n) is 2.51. The fourth-order valence-corrected chi connectivity index (χ4v) is 2.51. The molecule has 0 aliphatic heterocycles. The van der Waals surface area contributed by atoms with E-state index < -0.39 is 62.6 Å². The molecule has 0 saturated carbocycles. The number of quaternary nitrogens is 3. The molecular weight excluding hydrogens is 449 g/mol. The van der Waals surface area contributed by atoms with Crippen LogP contribution in [0.4, 0.5) is 0 Å². The van der Waals surface area contributed by atoms with Crippen LogP contribution in [-0.2, 0) is 24.0 Å². The predicted octanol–water partition coefficient (Wildman–Crippen LogP) is -17.8. The van der Waals surface area contributed by atoms with E-state index in [0.717, 1.165) is 0 Å². The number of aliphatic carboxylic acids is 5. The Morgan fingerprint density at radius 2 is 0.633 bits per heavy atom. The molecule has 0 bridgehead atoms. The first kappa shape index (κ1) is 36.8. The van der Waals surface area contributed by atoms with Gasteiger partial charge in [-0.15, -0.1) is 0 Å². The zero-order valence-corrected chi connectivity index (χ0v) is 20.9. The Labute approximate surface area is 224 Å². The van der Waals surface area contributed by atoms with Gasteiger partial charge < -0.3 is 69.7 Å². The van der Waals surface area contributed by atoms with Crippen molar-refractivity contribution in [2.45, 2.75) is 0 Å². The Morgan fingerprint density at radius 1 is 0.467 bits per heavy atom. The number of rotatable bonds is 16. The van der Waals surface area contributed by atoms with Crippen molar-refractivity contribution in [2.24, 2.45) is 0 Å². The Hall–Kier alpha value is -0.550. The largest absolute Gasteiger partial charge is 2.00 e. The summed E-state index contributed by atoms with van der Waals surface area (Å²) < 4.78 is 0. The molecule has 162 valence electrons. The molecule has 0 aromatic heterocycles. The number of carbonyl (C=O) groups excluding carboxylic acids is 5. The van der Waals surface area contributed by atoms with Crippen LogP contribution in [0.3, 0.4) is 0 Å². The summed E-state index contributed by atoms with van der Waals surface area (Å²) in [4.78, 5) is 53.9. The van der Waals surface area contributed by atoms with Crippen molar-refractivity contribution in [2.75, 3.05) is 58.9 Å². The summed E-state index contributed by atoms with van der Waals surface area (Å²) in [6.07, 6.45) is 0. The quantitative estimate of drug-likeness (QED) is 0.179. The number of carboxylic acids is 5. The Bertz CT molecular complexity index is 495. The number of nitrogens with one attached hydrogen (secondary N) is 3. The first-order chi connectivity index (χ1) is 12.5. The molecule has 16 heteroatoms. The second-order valence-electron chi connectivity index (χ2n) is 5.99. The fraction of sp³-hybridized carbons (Fsp3) is 0.643. The SMILES string of the molecule is O.O=C([O-])C[NH+](CC[NH+](CC(=O)[O-])CC(=O)[O-])CC[NH+](CC(=O)[O-])CC(=O)[O-].[Ca+2].[Na+]. The molecule has 0 aromatic rings. The zero-order valence-electron chi connectivity index (χ0n) is 16.7. The van der Waals surface area contributed by atoms with Gasteiger partial charge in [-0.25, -0.2) is 0 Å². The molecular formula is C14H23CaN3NaO11+. The van der Waals surface area contributed by atoms with Gasteiger partial charge in [-0.1, -0.05) is 0 Å². The van der Waals surface area contributed by atoms with Crippen LogP contribution in [0.15, 0.2) is 0 Å². The van der Waals surface area contributed by atoms with Gasteiger partial charge in [0.15, 0.2) is 0 Å². The Morgan fingerprint density at radius 3 is 0.833 bits per heavy atom. The van der Waals surface area contributed by atoms with Gasteiger partial charge in [0, 0.05) is 0 Å².